The Kier molecular flexibility index (Phi) is 5.38. The summed E-state index contributed by atoms with van der Waals surface area (Å²) >= 11 is 0. The summed E-state index contributed by atoms with van der Waals surface area (Å²) in [6.45, 7) is 0. The second kappa shape index (κ2) is 10.5. The zero-order valence-electron chi connectivity index (χ0n) is 31.6. The van der Waals surface area contributed by atoms with Crippen LogP contribution >= 0.6 is 0 Å². The third-order valence-electron chi connectivity index (χ3n) is 13.5. The van der Waals surface area contributed by atoms with Gasteiger partial charge in [0.05, 0.1) is 44.8 Å². The Morgan fingerprint density at radius 1 is 0.339 bits per heavy atom. The molecule has 0 bridgehead atoms. The molecule has 0 fully saturated rings. The van der Waals surface area contributed by atoms with E-state index in [4.69, 9.17) is 4.98 Å². The fourth-order valence-electron chi connectivity index (χ4n) is 11.1. The highest BCUT2D eigenvalue weighted by Gasteiger charge is 2.27. The Morgan fingerprint density at radius 3 is 1.88 bits per heavy atom. The molecule has 4 nitrogen and oxygen atoms in total. The van der Waals surface area contributed by atoms with Crippen LogP contribution in [0.2, 0.25) is 0 Å². The zero-order chi connectivity index (χ0) is 38.1. The zero-order valence-corrected chi connectivity index (χ0v) is 31.6. The molecular formula is C55H30N4. The second-order valence-electron chi connectivity index (χ2n) is 16.3. The van der Waals surface area contributed by atoms with Crippen molar-refractivity contribution in [2.75, 3.05) is 0 Å². The van der Waals surface area contributed by atoms with Crippen LogP contribution in [0.4, 0.5) is 0 Å². The maximum Gasteiger partial charge on any atom is 0.146 e. The van der Waals surface area contributed by atoms with Crippen LogP contribution in [0.1, 0.15) is 0 Å². The standard InChI is InChI=1S/C55H30N4/c1-2-15-35(16-3-1)57-45-23-9-8-18-38(45)42-27-34(24-25-46(42)57)37-19-10-20-39-40-21-11-22-41-49-48(58(52(37)39)53(40)41)30-56-55-51(49)50-36-17-7-6-14-33(36)28-44-43-26-31-12-4-5-13-32(31)29-47(43)59(55)54(44)50/h1-30H. The van der Waals surface area contributed by atoms with Gasteiger partial charge >= 0.3 is 0 Å². The van der Waals surface area contributed by atoms with E-state index in [0.29, 0.717) is 0 Å². The molecule has 6 aromatic heterocycles. The van der Waals surface area contributed by atoms with Crippen LogP contribution in [0, 0.1) is 0 Å². The van der Waals surface area contributed by atoms with E-state index in [-0.39, 0.29) is 0 Å². The summed E-state index contributed by atoms with van der Waals surface area (Å²) in [6.07, 6.45) is 2.15. The Bertz CT molecular complexity index is 4300. The first-order valence-corrected chi connectivity index (χ1v) is 20.4. The van der Waals surface area contributed by atoms with E-state index >= 15 is 0 Å². The van der Waals surface area contributed by atoms with E-state index in [1.165, 1.54) is 125 Å². The molecule has 4 heteroatoms. The van der Waals surface area contributed by atoms with Gasteiger partial charge in [-0.2, -0.15) is 0 Å². The van der Waals surface area contributed by atoms with Gasteiger partial charge < -0.3 is 8.97 Å². The summed E-state index contributed by atoms with van der Waals surface area (Å²) in [5.74, 6) is 0. The summed E-state index contributed by atoms with van der Waals surface area (Å²) in [5, 5.41) is 17.6. The summed E-state index contributed by atoms with van der Waals surface area (Å²) < 4.78 is 7.37. The summed E-state index contributed by atoms with van der Waals surface area (Å²) in [5.41, 5.74) is 13.1. The van der Waals surface area contributed by atoms with E-state index in [0.717, 1.165) is 11.2 Å². The number of aromatic nitrogens is 4. The number of fused-ring (bicyclic) bond motifs is 19. The fraction of sp³-hybridized carbons (Fsp3) is 0. The molecule has 0 aliphatic carbocycles. The van der Waals surface area contributed by atoms with Gasteiger partial charge in [-0.1, -0.05) is 127 Å². The minimum Gasteiger partial charge on any atom is -0.309 e. The molecular weight excluding hydrogens is 717 g/mol. The molecule has 59 heavy (non-hydrogen) atoms. The first kappa shape index (κ1) is 30.2. The SMILES string of the molecule is c1ccc(-n2c3ccccc3c3cc(-c4cccc5c6cccc7c8c9c%10c%11ccccc%11cc%11c%12cc%13ccccc%13cc%12n(c9ncc8n(c45)c67)c%11%10)ccc32)cc1. The van der Waals surface area contributed by atoms with Gasteiger partial charge in [-0.05, 0) is 75.6 Å². The molecule has 0 aliphatic rings. The third-order valence-corrected chi connectivity index (χ3v) is 13.5. The van der Waals surface area contributed by atoms with Crippen LogP contribution in [0.3, 0.4) is 0 Å². The fourth-order valence-corrected chi connectivity index (χ4v) is 11.1. The molecule has 0 amide bonds. The van der Waals surface area contributed by atoms with Crippen molar-refractivity contribution in [2.24, 2.45) is 0 Å². The number of pyridine rings is 1. The largest absolute Gasteiger partial charge is 0.309 e. The number of hydrogen-bond donors (Lipinski definition) is 0. The summed E-state index contributed by atoms with van der Waals surface area (Å²) in [7, 11) is 0. The van der Waals surface area contributed by atoms with E-state index in [1.807, 2.05) is 0 Å². The minimum absolute atomic E-state index is 1.01. The first-order chi connectivity index (χ1) is 29.3. The summed E-state index contributed by atoms with van der Waals surface area (Å²) in [4.78, 5) is 5.48. The van der Waals surface area contributed by atoms with Crippen molar-refractivity contribution in [1.82, 2.24) is 18.4 Å². The molecule has 0 atom stereocenters. The van der Waals surface area contributed by atoms with E-state index in [2.05, 4.69) is 195 Å². The Labute approximate surface area is 335 Å². The van der Waals surface area contributed by atoms with Crippen molar-refractivity contribution < 1.29 is 0 Å². The molecule has 15 rings (SSSR count). The minimum atomic E-state index is 1.01. The number of para-hydroxylation sites is 4. The average Bonchev–Trinajstić information content (AvgIpc) is 4.08. The van der Waals surface area contributed by atoms with Crippen LogP contribution in [0.25, 0.3) is 136 Å². The van der Waals surface area contributed by atoms with E-state index < -0.39 is 0 Å². The van der Waals surface area contributed by atoms with Crippen LogP contribution in [0.5, 0.6) is 0 Å². The van der Waals surface area contributed by atoms with E-state index in [9.17, 15) is 0 Å². The Hall–Kier alpha value is -7.95. The molecule has 9 aromatic carbocycles. The number of nitrogens with zero attached hydrogens (tertiary/aromatic N) is 4. The normalized spacial score (nSPS) is 12.7. The van der Waals surface area contributed by atoms with Gasteiger partial charge in [0.15, 0.2) is 0 Å². The predicted molar refractivity (Wildman–Crippen MR) is 248 cm³/mol. The maximum absolute atomic E-state index is 5.48. The van der Waals surface area contributed by atoms with E-state index in [1.54, 1.807) is 0 Å². The highest BCUT2D eigenvalue weighted by molar-refractivity contribution is 6.39. The monoisotopic (exact) mass is 746 g/mol. The third kappa shape index (κ3) is 3.60. The number of benzene rings is 9. The molecule has 0 radical (unpaired) electrons. The summed E-state index contributed by atoms with van der Waals surface area (Å²) in [6, 6.07) is 65.0. The van der Waals surface area contributed by atoms with Gasteiger partial charge in [-0.15, -0.1) is 0 Å². The van der Waals surface area contributed by atoms with Crippen LogP contribution < -0.4 is 0 Å². The van der Waals surface area contributed by atoms with Gasteiger partial charge in [0.1, 0.15) is 5.65 Å². The molecule has 15 aromatic rings. The molecule has 0 unspecified atom stereocenters. The van der Waals surface area contributed by atoms with Crippen molar-refractivity contribution in [2.45, 2.75) is 0 Å². The van der Waals surface area contributed by atoms with Gasteiger partial charge in [-0.25, -0.2) is 4.98 Å². The van der Waals surface area contributed by atoms with Gasteiger partial charge in [0.25, 0.3) is 0 Å². The van der Waals surface area contributed by atoms with Crippen LogP contribution in [0.15, 0.2) is 182 Å². The lowest BCUT2D eigenvalue weighted by molar-refractivity contribution is 1.18. The van der Waals surface area contributed by atoms with Crippen molar-refractivity contribution in [3.05, 3.63) is 182 Å². The van der Waals surface area contributed by atoms with Crippen molar-refractivity contribution in [3.63, 3.8) is 0 Å². The lowest BCUT2D eigenvalue weighted by atomic mass is 9.97. The molecule has 0 aliphatic heterocycles. The highest BCUT2D eigenvalue weighted by Crippen LogP contribution is 2.49. The lowest BCUT2D eigenvalue weighted by Gasteiger charge is -2.09. The van der Waals surface area contributed by atoms with Gasteiger partial charge in [0, 0.05) is 65.1 Å². The smallest absolute Gasteiger partial charge is 0.146 e. The quantitative estimate of drug-likeness (QED) is 0.173. The maximum atomic E-state index is 5.48. The van der Waals surface area contributed by atoms with Crippen molar-refractivity contribution in [1.29, 1.82) is 0 Å². The molecule has 0 spiro atoms. The Morgan fingerprint density at radius 2 is 1.00 bits per heavy atom. The van der Waals surface area contributed by atoms with Gasteiger partial charge in [0.2, 0.25) is 0 Å². The molecule has 270 valence electrons. The molecule has 6 heterocycles. The lowest BCUT2D eigenvalue weighted by Crippen LogP contribution is -1.93. The Balaban J connectivity index is 1.09. The molecule has 0 N–H and O–H groups in total. The first-order valence-electron chi connectivity index (χ1n) is 20.4. The number of hydrogen-bond acceptors (Lipinski definition) is 1. The van der Waals surface area contributed by atoms with Crippen molar-refractivity contribution >= 4 is 120 Å². The molecule has 0 saturated heterocycles. The topological polar surface area (TPSA) is 26.6 Å². The molecule has 0 saturated carbocycles. The van der Waals surface area contributed by atoms with Crippen molar-refractivity contribution in [3.8, 4) is 16.8 Å². The predicted octanol–water partition coefficient (Wildman–Crippen LogP) is 14.5. The average molecular weight is 747 g/mol. The van der Waals surface area contributed by atoms with Crippen LogP contribution in [-0.2, 0) is 0 Å². The second-order valence-corrected chi connectivity index (χ2v) is 16.3. The number of rotatable bonds is 2. The highest BCUT2D eigenvalue weighted by atomic mass is 15.0. The van der Waals surface area contributed by atoms with Gasteiger partial charge in [-0.3, -0.25) is 4.40 Å². The van der Waals surface area contributed by atoms with Crippen LogP contribution in [-0.4, -0.2) is 18.4 Å².